The molecule has 2 atom stereocenters. The molecule has 25 heavy (non-hydrogen) atoms. The van der Waals surface area contributed by atoms with Crippen molar-refractivity contribution in [2.75, 3.05) is 6.54 Å². The topological polar surface area (TPSA) is 113 Å². The van der Waals surface area contributed by atoms with E-state index in [1.54, 1.807) is 12.1 Å². The lowest BCUT2D eigenvalue weighted by atomic mass is 9.86. The molecule has 1 rings (SSSR count). The van der Waals surface area contributed by atoms with Crippen molar-refractivity contribution in [1.29, 1.82) is 0 Å². The standard InChI is InChI=1S/C18H26N2O4S/c1-2-3-12-18(17(21)22,20-25(23)24)14-16-10-8-15(9-11-16)7-5-4-6-13-19/h8-11,20H,2-4,6,12-14,19H2,1H3,(H,21,22)(H,23,24). The van der Waals surface area contributed by atoms with Crippen molar-refractivity contribution in [1.82, 2.24) is 4.72 Å². The zero-order valence-corrected chi connectivity index (χ0v) is 15.3. The van der Waals surface area contributed by atoms with Gasteiger partial charge in [-0.2, -0.15) is 4.72 Å². The maximum Gasteiger partial charge on any atom is 0.325 e. The number of hydrogen-bond acceptors (Lipinski definition) is 3. The van der Waals surface area contributed by atoms with Crippen molar-refractivity contribution in [3.8, 4) is 11.8 Å². The van der Waals surface area contributed by atoms with Gasteiger partial charge in [0.15, 0.2) is 0 Å². The first-order chi connectivity index (χ1) is 11.9. The molecule has 5 N–H and O–H groups in total. The Kier molecular flexibility index (Phi) is 9.39. The van der Waals surface area contributed by atoms with Crippen molar-refractivity contribution in [3.05, 3.63) is 35.4 Å². The highest BCUT2D eigenvalue weighted by Gasteiger charge is 2.39. The summed E-state index contributed by atoms with van der Waals surface area (Å²) in [5, 5.41) is 9.64. The van der Waals surface area contributed by atoms with Crippen LogP contribution in [0.5, 0.6) is 0 Å². The van der Waals surface area contributed by atoms with Crippen LogP contribution in [0.4, 0.5) is 0 Å². The van der Waals surface area contributed by atoms with E-state index in [1.807, 2.05) is 19.1 Å². The van der Waals surface area contributed by atoms with Gasteiger partial charge in [-0.1, -0.05) is 43.7 Å². The molecule has 1 aromatic rings. The lowest BCUT2D eigenvalue weighted by molar-refractivity contribution is -0.144. The van der Waals surface area contributed by atoms with Crippen molar-refractivity contribution in [2.24, 2.45) is 5.73 Å². The van der Waals surface area contributed by atoms with Crippen molar-refractivity contribution in [3.63, 3.8) is 0 Å². The number of nitrogens with one attached hydrogen (secondary N) is 1. The highest BCUT2D eigenvalue weighted by molar-refractivity contribution is 7.77. The number of hydrogen-bond donors (Lipinski definition) is 4. The molecular weight excluding hydrogens is 340 g/mol. The molecule has 2 unspecified atom stereocenters. The number of unbranched alkanes of at least 4 members (excludes halogenated alkanes) is 2. The van der Waals surface area contributed by atoms with Crippen LogP contribution in [0.3, 0.4) is 0 Å². The van der Waals surface area contributed by atoms with E-state index in [4.69, 9.17) is 10.3 Å². The monoisotopic (exact) mass is 366 g/mol. The average Bonchev–Trinajstić information content (AvgIpc) is 2.57. The Labute approximate surface area is 151 Å². The van der Waals surface area contributed by atoms with Gasteiger partial charge in [-0.05, 0) is 37.1 Å². The normalized spacial score (nSPS) is 14.2. The van der Waals surface area contributed by atoms with Crippen molar-refractivity contribution in [2.45, 2.75) is 51.0 Å². The van der Waals surface area contributed by atoms with E-state index in [0.29, 0.717) is 13.0 Å². The maximum absolute atomic E-state index is 11.8. The van der Waals surface area contributed by atoms with Gasteiger partial charge >= 0.3 is 5.97 Å². The number of nitrogens with two attached hydrogens (primary N) is 1. The molecule has 0 amide bonds. The van der Waals surface area contributed by atoms with E-state index in [1.165, 1.54) is 0 Å². The van der Waals surface area contributed by atoms with Gasteiger partial charge in [0.1, 0.15) is 5.54 Å². The van der Waals surface area contributed by atoms with Gasteiger partial charge in [0.05, 0.1) is 0 Å². The minimum atomic E-state index is -2.41. The van der Waals surface area contributed by atoms with E-state index in [-0.39, 0.29) is 12.8 Å². The minimum absolute atomic E-state index is 0.121. The summed E-state index contributed by atoms with van der Waals surface area (Å²) in [5.74, 6) is 4.93. The van der Waals surface area contributed by atoms with Crippen LogP contribution in [0.1, 0.15) is 50.2 Å². The summed E-state index contributed by atoms with van der Waals surface area (Å²) in [6.07, 6.45) is 3.42. The van der Waals surface area contributed by atoms with Gasteiger partial charge in [-0.25, -0.2) is 4.21 Å². The first-order valence-electron chi connectivity index (χ1n) is 8.33. The van der Waals surface area contributed by atoms with E-state index >= 15 is 0 Å². The van der Waals surface area contributed by atoms with Crippen LogP contribution in [0.25, 0.3) is 0 Å². The number of aliphatic carboxylic acids is 1. The minimum Gasteiger partial charge on any atom is -0.480 e. The average molecular weight is 366 g/mol. The molecule has 0 aromatic heterocycles. The third-order valence-corrected chi connectivity index (χ3v) is 4.41. The second-order valence-electron chi connectivity index (χ2n) is 5.91. The third-order valence-electron chi connectivity index (χ3n) is 3.85. The Bertz CT molecular complexity index is 637. The fourth-order valence-corrected chi connectivity index (χ4v) is 3.05. The quantitative estimate of drug-likeness (QED) is 0.288. The predicted octanol–water partition coefficient (Wildman–Crippen LogP) is 2.06. The predicted molar refractivity (Wildman–Crippen MR) is 99.1 cm³/mol. The van der Waals surface area contributed by atoms with Crippen LogP contribution in [0.15, 0.2) is 24.3 Å². The fraction of sp³-hybridized carbons (Fsp3) is 0.500. The number of carbonyl (C=O) groups is 1. The number of carboxylic acids is 1. The molecule has 0 aliphatic rings. The van der Waals surface area contributed by atoms with Crippen LogP contribution in [-0.4, -0.2) is 31.9 Å². The summed E-state index contributed by atoms with van der Waals surface area (Å²) >= 11 is -2.41. The molecule has 0 saturated heterocycles. The SMILES string of the molecule is CCCCC(Cc1ccc(C#CCCCN)cc1)(NS(=O)O)C(=O)O. The second kappa shape index (κ2) is 11.0. The van der Waals surface area contributed by atoms with Gasteiger partial charge in [0.25, 0.3) is 0 Å². The number of carboxylic acid groups (broad SMARTS) is 1. The van der Waals surface area contributed by atoms with E-state index in [9.17, 15) is 14.1 Å². The van der Waals surface area contributed by atoms with E-state index < -0.39 is 22.8 Å². The fourth-order valence-electron chi connectivity index (χ4n) is 2.46. The Balaban J connectivity index is 2.93. The van der Waals surface area contributed by atoms with Crippen LogP contribution in [-0.2, 0) is 22.5 Å². The maximum atomic E-state index is 11.8. The molecule has 0 radical (unpaired) electrons. The summed E-state index contributed by atoms with van der Waals surface area (Å²) in [7, 11) is 0. The molecule has 7 heteroatoms. The summed E-state index contributed by atoms with van der Waals surface area (Å²) in [4.78, 5) is 11.8. The Morgan fingerprint density at radius 1 is 1.32 bits per heavy atom. The van der Waals surface area contributed by atoms with Gasteiger partial charge < -0.3 is 10.8 Å². The molecule has 0 aliphatic heterocycles. The Morgan fingerprint density at radius 3 is 2.52 bits per heavy atom. The summed E-state index contributed by atoms with van der Waals surface area (Å²) in [5.41, 5.74) is 5.56. The summed E-state index contributed by atoms with van der Waals surface area (Å²) < 4.78 is 22.7. The highest BCUT2D eigenvalue weighted by Crippen LogP contribution is 2.22. The van der Waals surface area contributed by atoms with E-state index in [2.05, 4.69) is 16.6 Å². The smallest absolute Gasteiger partial charge is 0.325 e. The van der Waals surface area contributed by atoms with Gasteiger partial charge in [-0.15, -0.1) is 0 Å². The Morgan fingerprint density at radius 2 is 2.00 bits per heavy atom. The summed E-state index contributed by atoms with van der Waals surface area (Å²) in [6, 6.07) is 7.26. The van der Waals surface area contributed by atoms with Gasteiger partial charge in [-0.3, -0.25) is 9.35 Å². The molecule has 1 aromatic carbocycles. The van der Waals surface area contributed by atoms with E-state index in [0.717, 1.165) is 30.4 Å². The number of rotatable bonds is 10. The second-order valence-corrected chi connectivity index (χ2v) is 6.61. The number of benzene rings is 1. The molecule has 138 valence electrons. The van der Waals surface area contributed by atoms with Crippen LogP contribution < -0.4 is 10.5 Å². The lowest BCUT2D eigenvalue weighted by Crippen LogP contribution is -2.54. The van der Waals surface area contributed by atoms with Crippen molar-refractivity contribution < 1.29 is 18.7 Å². The molecule has 0 aliphatic carbocycles. The molecule has 0 fully saturated rings. The Hall–Kier alpha value is -1.72. The molecule has 0 heterocycles. The van der Waals surface area contributed by atoms with Crippen LogP contribution >= 0.6 is 0 Å². The third kappa shape index (κ3) is 7.36. The van der Waals surface area contributed by atoms with Crippen LogP contribution in [0.2, 0.25) is 0 Å². The molecule has 6 nitrogen and oxygen atoms in total. The van der Waals surface area contributed by atoms with Gasteiger partial charge in [0, 0.05) is 18.4 Å². The molecule has 0 spiro atoms. The summed E-state index contributed by atoms with van der Waals surface area (Å²) in [6.45, 7) is 2.56. The molecule has 0 bridgehead atoms. The van der Waals surface area contributed by atoms with Crippen molar-refractivity contribution >= 4 is 17.2 Å². The van der Waals surface area contributed by atoms with Crippen LogP contribution in [0, 0.1) is 11.8 Å². The zero-order valence-electron chi connectivity index (χ0n) is 14.5. The van der Waals surface area contributed by atoms with Gasteiger partial charge in [0.2, 0.25) is 11.3 Å². The lowest BCUT2D eigenvalue weighted by Gasteiger charge is -2.29. The highest BCUT2D eigenvalue weighted by atomic mass is 32.2. The zero-order chi connectivity index (χ0) is 18.7. The first kappa shape index (κ1) is 21.3. The first-order valence-corrected chi connectivity index (χ1v) is 9.44. The largest absolute Gasteiger partial charge is 0.480 e. The molecule has 0 saturated carbocycles. The molecular formula is C18H26N2O4S.